The number of rotatable bonds is 6. The number of nitrogens with two attached hydrogens (primary N) is 4. The van der Waals surface area contributed by atoms with E-state index in [1.165, 1.54) is 7.05 Å². The molecule has 4 aliphatic rings. The van der Waals surface area contributed by atoms with Gasteiger partial charge in [0.15, 0.2) is 18.9 Å². The Morgan fingerprint density at radius 2 is 1.32 bits per heavy atom. The van der Waals surface area contributed by atoms with Crippen molar-refractivity contribution in [1.82, 2.24) is 5.32 Å². The minimum absolute atomic E-state index is 0.151. The fourth-order valence-corrected chi connectivity index (χ4v) is 5.47. The first-order chi connectivity index (χ1) is 17.9. The SMILES string of the molecule is CNC1C(OC2OC(CO)C(N)C(O)C2O)OC2C(O)C(N)C(OC3C(N)CC(N)C(O)C3O)OC2C1O. The van der Waals surface area contributed by atoms with Gasteiger partial charge in [-0.3, -0.25) is 0 Å². The van der Waals surface area contributed by atoms with Crippen molar-refractivity contribution in [2.45, 2.75) is 117 Å². The Hall–Kier alpha value is -0.680. The molecule has 0 radical (unpaired) electrons. The Balaban J connectivity index is 1.48. The molecule has 17 heteroatoms. The van der Waals surface area contributed by atoms with Gasteiger partial charge in [0, 0.05) is 12.1 Å². The fourth-order valence-electron chi connectivity index (χ4n) is 5.47. The summed E-state index contributed by atoms with van der Waals surface area (Å²) in [6.45, 7) is -0.551. The molecule has 0 aromatic rings. The summed E-state index contributed by atoms with van der Waals surface area (Å²) in [6.07, 6.45) is -17.3. The van der Waals surface area contributed by atoms with Crippen LogP contribution < -0.4 is 28.3 Å². The molecule has 222 valence electrons. The lowest BCUT2D eigenvalue weighted by Gasteiger charge is -2.53. The zero-order valence-electron chi connectivity index (χ0n) is 20.8. The molecule has 0 aromatic carbocycles. The average molecular weight is 556 g/mol. The number of ether oxygens (including phenoxy) is 5. The van der Waals surface area contributed by atoms with Crippen LogP contribution in [0.2, 0.25) is 0 Å². The van der Waals surface area contributed by atoms with E-state index in [4.69, 9.17) is 46.6 Å². The molecule has 0 amide bonds. The number of aliphatic hydroxyl groups excluding tert-OH is 7. The van der Waals surface area contributed by atoms with Crippen LogP contribution in [0.5, 0.6) is 0 Å². The molecule has 3 aliphatic heterocycles. The van der Waals surface area contributed by atoms with Crippen LogP contribution in [0.15, 0.2) is 0 Å². The molecule has 1 saturated carbocycles. The highest BCUT2D eigenvalue weighted by Crippen LogP contribution is 2.35. The molecule has 0 spiro atoms. The minimum atomic E-state index is -1.61. The molecule has 0 aromatic heterocycles. The van der Waals surface area contributed by atoms with Gasteiger partial charge in [-0.2, -0.15) is 0 Å². The van der Waals surface area contributed by atoms with E-state index < -0.39 is 117 Å². The number of fused-ring (bicyclic) bond motifs is 1. The van der Waals surface area contributed by atoms with E-state index in [9.17, 15) is 35.7 Å². The van der Waals surface area contributed by atoms with Crippen molar-refractivity contribution in [2.75, 3.05) is 13.7 Å². The number of likely N-dealkylation sites (N-methyl/N-ethyl adjacent to an activating group) is 1. The van der Waals surface area contributed by atoms with Crippen LogP contribution in [0.25, 0.3) is 0 Å². The maximum Gasteiger partial charge on any atom is 0.189 e. The predicted octanol–water partition coefficient (Wildman–Crippen LogP) is -7.98. The lowest BCUT2D eigenvalue weighted by Crippen LogP contribution is -2.74. The highest BCUT2D eigenvalue weighted by atomic mass is 16.8. The molecule has 3 saturated heterocycles. The first-order valence-corrected chi connectivity index (χ1v) is 12.6. The second kappa shape index (κ2) is 12.0. The predicted molar refractivity (Wildman–Crippen MR) is 124 cm³/mol. The third-order valence-corrected chi connectivity index (χ3v) is 7.87. The average Bonchev–Trinajstić information content (AvgIpc) is 2.89. The molecule has 4 fully saturated rings. The highest BCUT2D eigenvalue weighted by molar-refractivity contribution is 5.04. The lowest BCUT2D eigenvalue weighted by atomic mass is 9.84. The number of nitrogens with one attached hydrogen (secondary N) is 1. The zero-order chi connectivity index (χ0) is 28.0. The van der Waals surface area contributed by atoms with Gasteiger partial charge in [0.1, 0.15) is 54.9 Å². The monoisotopic (exact) mass is 555 g/mol. The summed E-state index contributed by atoms with van der Waals surface area (Å²) in [5.41, 5.74) is 23.8. The highest BCUT2D eigenvalue weighted by Gasteiger charge is 2.57. The fraction of sp³-hybridized carbons (Fsp3) is 1.00. The van der Waals surface area contributed by atoms with Gasteiger partial charge in [0.2, 0.25) is 0 Å². The van der Waals surface area contributed by atoms with E-state index in [0.29, 0.717) is 0 Å². The van der Waals surface area contributed by atoms with Crippen LogP contribution in [0.3, 0.4) is 0 Å². The number of hydrogen-bond donors (Lipinski definition) is 12. The van der Waals surface area contributed by atoms with E-state index in [2.05, 4.69) is 5.32 Å². The number of hydrogen-bond acceptors (Lipinski definition) is 17. The lowest BCUT2D eigenvalue weighted by molar-refractivity contribution is -0.384. The van der Waals surface area contributed by atoms with E-state index in [-0.39, 0.29) is 6.42 Å². The molecule has 38 heavy (non-hydrogen) atoms. The van der Waals surface area contributed by atoms with Crippen molar-refractivity contribution in [3.8, 4) is 0 Å². The van der Waals surface area contributed by atoms with Gasteiger partial charge < -0.3 is 87.7 Å². The third-order valence-electron chi connectivity index (χ3n) is 7.87. The molecule has 3 heterocycles. The number of aliphatic hydroxyl groups is 7. The first-order valence-electron chi connectivity index (χ1n) is 12.6. The standard InChI is InChI=1S/C21H41N5O12/c1-26-9-13(31)18-17(37-20(9)38-21-15(33)11(29)7(24)6(3-27)34-21)12(30)8(25)19(36-18)35-16-5(23)2-4(22)10(28)14(16)32/h4-21,26-33H,2-3,22-25H2,1H3. The summed E-state index contributed by atoms with van der Waals surface area (Å²) in [4.78, 5) is 0. The van der Waals surface area contributed by atoms with Gasteiger partial charge in [-0.25, -0.2) is 0 Å². The smallest absolute Gasteiger partial charge is 0.189 e. The largest absolute Gasteiger partial charge is 0.394 e. The Bertz CT molecular complexity index is 789. The Morgan fingerprint density at radius 1 is 0.684 bits per heavy atom. The maximum atomic E-state index is 11.1. The molecule has 4 rings (SSSR count). The van der Waals surface area contributed by atoms with Crippen molar-refractivity contribution in [3.05, 3.63) is 0 Å². The van der Waals surface area contributed by atoms with E-state index in [0.717, 1.165) is 0 Å². The van der Waals surface area contributed by atoms with Crippen LogP contribution in [-0.4, -0.2) is 160 Å². The molecule has 18 unspecified atom stereocenters. The molecule has 1 aliphatic carbocycles. The maximum absolute atomic E-state index is 11.1. The van der Waals surface area contributed by atoms with Crippen LogP contribution in [0.1, 0.15) is 6.42 Å². The third kappa shape index (κ3) is 5.46. The minimum Gasteiger partial charge on any atom is -0.394 e. The molecule has 0 bridgehead atoms. The van der Waals surface area contributed by atoms with Gasteiger partial charge in [-0.1, -0.05) is 0 Å². The van der Waals surface area contributed by atoms with Gasteiger partial charge >= 0.3 is 0 Å². The van der Waals surface area contributed by atoms with Crippen LogP contribution >= 0.6 is 0 Å². The summed E-state index contributed by atoms with van der Waals surface area (Å²) in [5, 5.41) is 75.6. The Kier molecular flexibility index (Phi) is 9.60. The van der Waals surface area contributed by atoms with Gasteiger partial charge in [0.05, 0.1) is 30.8 Å². The van der Waals surface area contributed by atoms with Crippen LogP contribution in [0, 0.1) is 0 Å². The van der Waals surface area contributed by atoms with Crippen molar-refractivity contribution in [2.24, 2.45) is 22.9 Å². The molecular formula is C21H41N5O12. The molecule has 18 atom stereocenters. The summed E-state index contributed by atoms with van der Waals surface area (Å²) in [5.74, 6) is 0. The summed E-state index contributed by atoms with van der Waals surface area (Å²) < 4.78 is 28.8. The second-order valence-corrected chi connectivity index (χ2v) is 10.4. The van der Waals surface area contributed by atoms with Gasteiger partial charge in [-0.15, -0.1) is 0 Å². The van der Waals surface area contributed by atoms with E-state index in [1.807, 2.05) is 0 Å². The summed E-state index contributed by atoms with van der Waals surface area (Å²) in [7, 11) is 1.49. The van der Waals surface area contributed by atoms with Gasteiger partial charge in [0.25, 0.3) is 0 Å². The summed E-state index contributed by atoms with van der Waals surface area (Å²) in [6, 6.07) is -4.84. The van der Waals surface area contributed by atoms with Gasteiger partial charge in [-0.05, 0) is 13.5 Å². The topological polar surface area (TPSA) is 304 Å². The summed E-state index contributed by atoms with van der Waals surface area (Å²) >= 11 is 0. The quantitative estimate of drug-likeness (QED) is 0.145. The van der Waals surface area contributed by atoms with Crippen molar-refractivity contribution in [1.29, 1.82) is 0 Å². The van der Waals surface area contributed by atoms with Crippen molar-refractivity contribution < 1.29 is 59.4 Å². The zero-order valence-corrected chi connectivity index (χ0v) is 20.8. The van der Waals surface area contributed by atoms with Crippen LogP contribution in [-0.2, 0) is 23.7 Å². The second-order valence-electron chi connectivity index (χ2n) is 10.4. The molecule has 16 N–H and O–H groups in total. The molecular weight excluding hydrogens is 514 g/mol. The Morgan fingerprint density at radius 3 is 1.95 bits per heavy atom. The van der Waals surface area contributed by atoms with E-state index in [1.54, 1.807) is 0 Å². The Labute approximate surface area is 218 Å². The van der Waals surface area contributed by atoms with Crippen molar-refractivity contribution >= 4 is 0 Å². The first kappa shape index (κ1) is 30.3. The van der Waals surface area contributed by atoms with Crippen LogP contribution in [0.4, 0.5) is 0 Å². The van der Waals surface area contributed by atoms with Crippen molar-refractivity contribution in [3.63, 3.8) is 0 Å². The normalized spacial score (nSPS) is 55.9. The molecule has 17 nitrogen and oxygen atoms in total. The van der Waals surface area contributed by atoms with E-state index >= 15 is 0 Å².